The van der Waals surface area contributed by atoms with Crippen molar-refractivity contribution in [2.45, 2.75) is 25.0 Å². The second kappa shape index (κ2) is 5.67. The van der Waals surface area contributed by atoms with Gasteiger partial charge in [0.05, 0.1) is 20.6 Å². The maximum Gasteiger partial charge on any atom is 0.355 e. The Morgan fingerprint density at radius 2 is 2.04 bits per heavy atom. The van der Waals surface area contributed by atoms with Gasteiger partial charge in [0.25, 0.3) is 5.60 Å². The number of methoxy groups -OCH3 is 2. The van der Waals surface area contributed by atoms with Crippen LogP contribution in [0.2, 0.25) is 0 Å². The number of carbonyl (C=O) groups excluding carboxylic acids is 3. The molecule has 0 aromatic heterocycles. The van der Waals surface area contributed by atoms with Crippen molar-refractivity contribution in [2.75, 3.05) is 14.2 Å². The van der Waals surface area contributed by atoms with Gasteiger partial charge in [-0.1, -0.05) is 0 Å². The first-order chi connectivity index (χ1) is 11.4. The van der Waals surface area contributed by atoms with Crippen LogP contribution in [-0.4, -0.2) is 43.6 Å². The first-order valence-electron chi connectivity index (χ1n) is 7.29. The average Bonchev–Trinajstić information content (AvgIpc) is 2.99. The van der Waals surface area contributed by atoms with E-state index < -0.39 is 23.6 Å². The van der Waals surface area contributed by atoms with E-state index in [1.54, 1.807) is 19.1 Å². The summed E-state index contributed by atoms with van der Waals surface area (Å²) in [5.41, 5.74) is -0.700. The van der Waals surface area contributed by atoms with E-state index in [9.17, 15) is 14.4 Å². The number of cyclic esters (lactones) is 1. The lowest BCUT2D eigenvalue weighted by Crippen LogP contribution is -2.57. The Hall–Kier alpha value is -2.83. The van der Waals surface area contributed by atoms with Gasteiger partial charge < -0.3 is 18.9 Å². The van der Waals surface area contributed by atoms with Gasteiger partial charge >= 0.3 is 11.9 Å². The van der Waals surface area contributed by atoms with Crippen LogP contribution in [0.4, 0.5) is 0 Å². The molecule has 0 spiro atoms. The lowest BCUT2D eigenvalue weighted by molar-refractivity contribution is -0.173. The molecule has 3 rings (SSSR count). The summed E-state index contributed by atoms with van der Waals surface area (Å²) in [6.07, 6.45) is 1.22. The Labute approximate surface area is 138 Å². The molecular weight excluding hydrogens is 316 g/mol. The van der Waals surface area contributed by atoms with E-state index >= 15 is 0 Å². The predicted octanol–water partition coefficient (Wildman–Crippen LogP) is 1.36. The van der Waals surface area contributed by atoms with Crippen molar-refractivity contribution in [3.05, 3.63) is 35.4 Å². The van der Waals surface area contributed by atoms with Crippen LogP contribution in [-0.2, 0) is 19.1 Å². The van der Waals surface area contributed by atoms with Gasteiger partial charge in [-0.25, -0.2) is 9.59 Å². The fourth-order valence-electron chi connectivity index (χ4n) is 2.98. The third-order valence-corrected chi connectivity index (χ3v) is 4.07. The van der Waals surface area contributed by atoms with Crippen LogP contribution in [0.5, 0.6) is 11.5 Å². The summed E-state index contributed by atoms with van der Waals surface area (Å²) in [5.74, 6) is -1.18. The van der Waals surface area contributed by atoms with Gasteiger partial charge in [0, 0.05) is 6.08 Å². The van der Waals surface area contributed by atoms with E-state index in [1.807, 2.05) is 0 Å². The second-order valence-electron chi connectivity index (χ2n) is 5.64. The zero-order valence-electron chi connectivity index (χ0n) is 13.5. The molecule has 0 bridgehead atoms. The zero-order valence-corrected chi connectivity index (χ0v) is 13.5. The number of ketones is 1. The molecular formula is C17H16O7. The molecule has 1 aromatic carbocycles. The van der Waals surface area contributed by atoms with Crippen molar-refractivity contribution in [3.8, 4) is 11.5 Å². The summed E-state index contributed by atoms with van der Waals surface area (Å²) in [6, 6.07) is 3.34. The number of Topliss-reactive ketones (excluding diaryl/α,β-unsaturated/α-hetero) is 1. The van der Waals surface area contributed by atoms with Crippen molar-refractivity contribution in [3.63, 3.8) is 0 Å². The minimum absolute atomic E-state index is 0.199. The number of hydrogen-bond acceptors (Lipinski definition) is 7. The molecule has 0 amide bonds. The van der Waals surface area contributed by atoms with Crippen LogP contribution in [0.1, 0.15) is 22.3 Å². The van der Waals surface area contributed by atoms with Crippen LogP contribution >= 0.6 is 0 Å². The Morgan fingerprint density at radius 1 is 1.29 bits per heavy atom. The van der Waals surface area contributed by atoms with E-state index in [2.05, 4.69) is 0 Å². The highest BCUT2D eigenvalue weighted by Gasteiger charge is 2.56. The molecule has 0 unspecified atom stereocenters. The SMILES string of the molecule is COC(=O)[C@]1([C@@H]2C=CC(=O)O2)CC(=O)c2c(OC)cc(C)cc2O1. The zero-order chi connectivity index (χ0) is 17.5. The van der Waals surface area contributed by atoms with Gasteiger partial charge in [0.1, 0.15) is 17.1 Å². The Morgan fingerprint density at radius 3 is 2.62 bits per heavy atom. The number of ether oxygens (including phenoxy) is 4. The van der Waals surface area contributed by atoms with Gasteiger partial charge in [-0.15, -0.1) is 0 Å². The number of fused-ring (bicyclic) bond motifs is 1. The summed E-state index contributed by atoms with van der Waals surface area (Å²) in [6.45, 7) is 1.81. The Kier molecular flexibility index (Phi) is 3.79. The number of aryl methyl sites for hydroxylation is 1. The maximum atomic E-state index is 12.7. The smallest absolute Gasteiger partial charge is 0.355 e. The van der Waals surface area contributed by atoms with Crippen LogP contribution in [0.25, 0.3) is 0 Å². The van der Waals surface area contributed by atoms with E-state index in [1.165, 1.54) is 26.4 Å². The van der Waals surface area contributed by atoms with Gasteiger partial charge in [0.2, 0.25) is 0 Å². The summed E-state index contributed by atoms with van der Waals surface area (Å²) < 4.78 is 21.1. The molecule has 0 saturated carbocycles. The summed E-state index contributed by atoms with van der Waals surface area (Å²) in [4.78, 5) is 36.5. The fourth-order valence-corrected chi connectivity index (χ4v) is 2.98. The van der Waals surface area contributed by atoms with Crippen LogP contribution in [0.15, 0.2) is 24.3 Å². The van der Waals surface area contributed by atoms with Crippen molar-refractivity contribution >= 4 is 17.7 Å². The minimum Gasteiger partial charge on any atom is -0.496 e. The highest BCUT2D eigenvalue weighted by molar-refractivity contribution is 6.06. The number of hydrogen-bond donors (Lipinski definition) is 0. The molecule has 2 aliphatic rings. The Balaban J connectivity index is 2.13. The van der Waals surface area contributed by atoms with Crippen LogP contribution < -0.4 is 9.47 Å². The maximum absolute atomic E-state index is 12.7. The number of carbonyl (C=O) groups is 3. The molecule has 0 N–H and O–H groups in total. The quantitative estimate of drug-likeness (QED) is 0.772. The van der Waals surface area contributed by atoms with Crippen LogP contribution in [0.3, 0.4) is 0 Å². The van der Waals surface area contributed by atoms with Crippen molar-refractivity contribution in [1.29, 1.82) is 0 Å². The monoisotopic (exact) mass is 332 g/mol. The van der Waals surface area contributed by atoms with Crippen LogP contribution in [0, 0.1) is 6.92 Å². The first-order valence-corrected chi connectivity index (χ1v) is 7.29. The van der Waals surface area contributed by atoms with Gasteiger partial charge in [-0.2, -0.15) is 0 Å². The standard InChI is InChI=1S/C17H16O7/c1-9-6-11(21-2)15-10(18)8-17(16(20)22-3,24-12(15)7-9)13-4-5-14(19)23-13/h4-7,13H,8H2,1-3H3/t13-,17+/m0/s1. The highest BCUT2D eigenvalue weighted by atomic mass is 16.6. The predicted molar refractivity (Wildman–Crippen MR) is 81.1 cm³/mol. The Bertz CT molecular complexity index is 764. The molecule has 2 aliphatic heterocycles. The molecule has 7 heteroatoms. The average molecular weight is 332 g/mol. The van der Waals surface area contributed by atoms with Crippen molar-refractivity contribution in [1.82, 2.24) is 0 Å². The second-order valence-corrected chi connectivity index (χ2v) is 5.64. The molecule has 2 heterocycles. The van der Waals surface area contributed by atoms with Gasteiger partial charge in [-0.05, 0) is 30.7 Å². The molecule has 0 saturated heterocycles. The number of rotatable bonds is 3. The largest absolute Gasteiger partial charge is 0.496 e. The van der Waals surface area contributed by atoms with E-state index in [0.717, 1.165) is 5.56 Å². The lowest BCUT2D eigenvalue weighted by Gasteiger charge is -2.38. The molecule has 0 radical (unpaired) electrons. The minimum atomic E-state index is -1.75. The van der Waals surface area contributed by atoms with Crippen molar-refractivity contribution < 1.29 is 33.3 Å². The molecule has 0 fully saturated rings. The molecule has 0 aliphatic carbocycles. The summed E-state index contributed by atoms with van der Waals surface area (Å²) >= 11 is 0. The van der Waals surface area contributed by atoms with Crippen molar-refractivity contribution in [2.24, 2.45) is 0 Å². The normalized spacial score (nSPS) is 24.9. The third kappa shape index (κ3) is 2.33. The van der Waals surface area contributed by atoms with Gasteiger partial charge in [0.15, 0.2) is 11.9 Å². The topological polar surface area (TPSA) is 88.1 Å². The highest BCUT2D eigenvalue weighted by Crippen LogP contribution is 2.42. The lowest BCUT2D eigenvalue weighted by atomic mass is 9.84. The summed E-state index contributed by atoms with van der Waals surface area (Å²) in [5, 5.41) is 0. The number of esters is 2. The molecule has 1 aromatic rings. The third-order valence-electron chi connectivity index (χ3n) is 4.07. The number of benzene rings is 1. The fraction of sp³-hybridized carbons (Fsp3) is 0.353. The van der Waals surface area contributed by atoms with E-state index in [-0.39, 0.29) is 23.5 Å². The van der Waals surface area contributed by atoms with E-state index in [4.69, 9.17) is 18.9 Å². The molecule has 24 heavy (non-hydrogen) atoms. The molecule has 126 valence electrons. The first kappa shape index (κ1) is 16.0. The molecule has 7 nitrogen and oxygen atoms in total. The molecule has 2 atom stereocenters. The van der Waals surface area contributed by atoms with E-state index in [0.29, 0.717) is 5.75 Å². The van der Waals surface area contributed by atoms with Gasteiger partial charge in [-0.3, -0.25) is 4.79 Å². The summed E-state index contributed by atoms with van der Waals surface area (Å²) in [7, 11) is 2.64.